The van der Waals surface area contributed by atoms with E-state index >= 15 is 0 Å². The number of aliphatic hydroxyl groups is 1. The number of nitrogens with zero attached hydrogens (tertiary/aromatic N) is 1. The molecule has 0 aliphatic carbocycles. The molecule has 2 rings (SSSR count). The Labute approximate surface area is 96.5 Å². The third-order valence-corrected chi connectivity index (χ3v) is 3.29. The van der Waals surface area contributed by atoms with E-state index in [4.69, 9.17) is 4.74 Å². The molecule has 0 saturated carbocycles. The first-order chi connectivity index (χ1) is 7.66. The largest absolute Gasteiger partial charge is 0.392 e. The standard InChI is InChI=1S/C13H19NO2/c1-9-4-3-5-14-12(9)7-13(15)11-6-10(2)16-8-11/h3-5,10-11,13,15H,6-8H2,1-2H3. The lowest BCUT2D eigenvalue weighted by Gasteiger charge is -2.16. The second-order valence-electron chi connectivity index (χ2n) is 4.68. The van der Waals surface area contributed by atoms with Crippen LogP contribution in [0.5, 0.6) is 0 Å². The topological polar surface area (TPSA) is 42.4 Å². The van der Waals surface area contributed by atoms with E-state index in [2.05, 4.69) is 11.9 Å². The molecule has 1 N–H and O–H groups in total. The molecule has 0 aromatic carbocycles. The molecule has 1 fully saturated rings. The van der Waals surface area contributed by atoms with Gasteiger partial charge in [-0.05, 0) is 31.9 Å². The third kappa shape index (κ3) is 2.60. The monoisotopic (exact) mass is 221 g/mol. The van der Waals surface area contributed by atoms with Gasteiger partial charge in [-0.2, -0.15) is 0 Å². The van der Waals surface area contributed by atoms with Crippen LogP contribution in [0.25, 0.3) is 0 Å². The van der Waals surface area contributed by atoms with Crippen molar-refractivity contribution in [3.63, 3.8) is 0 Å². The first-order valence-corrected chi connectivity index (χ1v) is 5.87. The van der Waals surface area contributed by atoms with Crippen molar-refractivity contribution in [2.24, 2.45) is 5.92 Å². The molecule has 0 spiro atoms. The second-order valence-corrected chi connectivity index (χ2v) is 4.68. The first-order valence-electron chi connectivity index (χ1n) is 5.87. The minimum Gasteiger partial charge on any atom is -0.392 e. The molecular formula is C13H19NO2. The molecule has 1 aromatic rings. The van der Waals surface area contributed by atoms with Crippen molar-refractivity contribution in [2.45, 2.75) is 38.9 Å². The van der Waals surface area contributed by atoms with Crippen molar-refractivity contribution in [3.05, 3.63) is 29.6 Å². The summed E-state index contributed by atoms with van der Waals surface area (Å²) in [6.45, 7) is 4.76. The van der Waals surface area contributed by atoms with Gasteiger partial charge in [0.1, 0.15) is 0 Å². The summed E-state index contributed by atoms with van der Waals surface area (Å²) < 4.78 is 5.47. The molecule has 3 unspecified atom stereocenters. The van der Waals surface area contributed by atoms with Gasteiger partial charge >= 0.3 is 0 Å². The lowest BCUT2D eigenvalue weighted by Crippen LogP contribution is -2.24. The van der Waals surface area contributed by atoms with Crippen LogP contribution in [-0.2, 0) is 11.2 Å². The first kappa shape index (κ1) is 11.6. The van der Waals surface area contributed by atoms with Crippen molar-refractivity contribution in [3.8, 4) is 0 Å². The van der Waals surface area contributed by atoms with Gasteiger partial charge in [0, 0.05) is 24.2 Å². The van der Waals surface area contributed by atoms with Gasteiger partial charge in [0.25, 0.3) is 0 Å². The lowest BCUT2D eigenvalue weighted by molar-refractivity contribution is 0.0801. The van der Waals surface area contributed by atoms with Crippen LogP contribution in [0, 0.1) is 12.8 Å². The van der Waals surface area contributed by atoms with Crippen molar-refractivity contribution >= 4 is 0 Å². The van der Waals surface area contributed by atoms with Gasteiger partial charge in [-0.1, -0.05) is 6.07 Å². The summed E-state index contributed by atoms with van der Waals surface area (Å²) >= 11 is 0. The molecular weight excluding hydrogens is 202 g/mol. The van der Waals surface area contributed by atoms with Gasteiger partial charge in [0.2, 0.25) is 0 Å². The Morgan fingerprint density at radius 3 is 3.06 bits per heavy atom. The molecule has 3 nitrogen and oxygen atoms in total. The fraction of sp³-hybridized carbons (Fsp3) is 0.615. The second kappa shape index (κ2) is 4.93. The van der Waals surface area contributed by atoms with E-state index in [1.807, 2.05) is 19.1 Å². The SMILES string of the molecule is Cc1cccnc1CC(O)C1COC(C)C1. The number of hydrogen-bond acceptors (Lipinski definition) is 3. The van der Waals surface area contributed by atoms with Crippen LogP contribution in [0.3, 0.4) is 0 Å². The van der Waals surface area contributed by atoms with Gasteiger partial charge < -0.3 is 9.84 Å². The number of ether oxygens (including phenoxy) is 1. The van der Waals surface area contributed by atoms with Crippen LogP contribution in [0.4, 0.5) is 0 Å². The maximum Gasteiger partial charge on any atom is 0.0646 e. The van der Waals surface area contributed by atoms with E-state index in [1.165, 1.54) is 0 Å². The van der Waals surface area contributed by atoms with Crippen LogP contribution in [0.2, 0.25) is 0 Å². The van der Waals surface area contributed by atoms with Crippen LogP contribution >= 0.6 is 0 Å². The zero-order valence-electron chi connectivity index (χ0n) is 9.89. The molecule has 0 bridgehead atoms. The highest BCUT2D eigenvalue weighted by atomic mass is 16.5. The smallest absolute Gasteiger partial charge is 0.0646 e. The van der Waals surface area contributed by atoms with Crippen LogP contribution in [-0.4, -0.2) is 28.9 Å². The van der Waals surface area contributed by atoms with Crippen LogP contribution in [0.15, 0.2) is 18.3 Å². The average molecular weight is 221 g/mol. The highest BCUT2D eigenvalue weighted by molar-refractivity contribution is 5.18. The zero-order valence-corrected chi connectivity index (χ0v) is 9.89. The summed E-state index contributed by atoms with van der Waals surface area (Å²) in [5.74, 6) is 0.261. The molecule has 3 heteroatoms. The Hall–Kier alpha value is -0.930. The van der Waals surface area contributed by atoms with Crippen LogP contribution in [0.1, 0.15) is 24.6 Å². The molecule has 2 heterocycles. The Balaban J connectivity index is 1.97. The fourth-order valence-electron chi connectivity index (χ4n) is 2.22. The molecule has 0 radical (unpaired) electrons. The van der Waals surface area contributed by atoms with Gasteiger partial charge in [-0.3, -0.25) is 4.98 Å². The summed E-state index contributed by atoms with van der Waals surface area (Å²) in [4.78, 5) is 4.31. The number of aliphatic hydroxyl groups excluding tert-OH is 1. The van der Waals surface area contributed by atoms with E-state index in [-0.39, 0.29) is 18.1 Å². The van der Waals surface area contributed by atoms with E-state index in [9.17, 15) is 5.11 Å². The van der Waals surface area contributed by atoms with E-state index in [0.29, 0.717) is 13.0 Å². The molecule has 0 amide bonds. The van der Waals surface area contributed by atoms with Crippen molar-refractivity contribution in [1.29, 1.82) is 0 Å². The number of aromatic nitrogens is 1. The van der Waals surface area contributed by atoms with E-state index < -0.39 is 0 Å². The van der Waals surface area contributed by atoms with Gasteiger partial charge in [0.15, 0.2) is 0 Å². The molecule has 3 atom stereocenters. The molecule has 16 heavy (non-hydrogen) atoms. The Kier molecular flexibility index (Phi) is 3.56. The Morgan fingerprint density at radius 1 is 1.62 bits per heavy atom. The molecule has 88 valence electrons. The normalized spacial score (nSPS) is 26.9. The lowest BCUT2D eigenvalue weighted by atomic mass is 9.95. The minimum absolute atomic E-state index is 0.261. The quantitative estimate of drug-likeness (QED) is 0.845. The highest BCUT2D eigenvalue weighted by Crippen LogP contribution is 2.24. The molecule has 1 aromatic heterocycles. The molecule has 1 aliphatic heterocycles. The number of aryl methyl sites for hydroxylation is 1. The van der Waals surface area contributed by atoms with E-state index in [1.54, 1.807) is 6.20 Å². The number of rotatable bonds is 3. The summed E-state index contributed by atoms with van der Waals surface area (Å²) in [6.07, 6.45) is 3.31. The minimum atomic E-state index is -0.335. The zero-order chi connectivity index (χ0) is 11.5. The molecule has 1 saturated heterocycles. The highest BCUT2D eigenvalue weighted by Gasteiger charge is 2.28. The maximum atomic E-state index is 10.1. The fourth-order valence-corrected chi connectivity index (χ4v) is 2.22. The van der Waals surface area contributed by atoms with Crippen molar-refractivity contribution in [2.75, 3.05) is 6.61 Å². The summed E-state index contributed by atoms with van der Waals surface area (Å²) in [6, 6.07) is 3.95. The van der Waals surface area contributed by atoms with Crippen LogP contribution < -0.4 is 0 Å². The third-order valence-electron chi connectivity index (χ3n) is 3.29. The van der Waals surface area contributed by atoms with E-state index in [0.717, 1.165) is 17.7 Å². The summed E-state index contributed by atoms with van der Waals surface area (Å²) in [5, 5.41) is 10.1. The predicted molar refractivity (Wildman–Crippen MR) is 62.2 cm³/mol. The van der Waals surface area contributed by atoms with Crippen molar-refractivity contribution < 1.29 is 9.84 Å². The molecule has 1 aliphatic rings. The number of hydrogen-bond donors (Lipinski definition) is 1. The Morgan fingerprint density at radius 2 is 2.44 bits per heavy atom. The average Bonchev–Trinajstić information content (AvgIpc) is 2.68. The van der Waals surface area contributed by atoms with Gasteiger partial charge in [0.05, 0.1) is 18.8 Å². The predicted octanol–water partition coefficient (Wildman–Crippen LogP) is 1.72. The summed E-state index contributed by atoms with van der Waals surface area (Å²) in [5.41, 5.74) is 2.14. The van der Waals surface area contributed by atoms with Crippen molar-refractivity contribution in [1.82, 2.24) is 4.98 Å². The Bertz CT molecular complexity index is 354. The van der Waals surface area contributed by atoms with Gasteiger partial charge in [-0.15, -0.1) is 0 Å². The maximum absolute atomic E-state index is 10.1. The number of pyridine rings is 1. The van der Waals surface area contributed by atoms with Gasteiger partial charge in [-0.25, -0.2) is 0 Å². The summed E-state index contributed by atoms with van der Waals surface area (Å²) in [7, 11) is 0.